The van der Waals surface area contributed by atoms with Crippen molar-refractivity contribution in [3.63, 3.8) is 0 Å². The summed E-state index contributed by atoms with van der Waals surface area (Å²) in [4.78, 5) is 11.7. The predicted octanol–water partition coefficient (Wildman–Crippen LogP) is 2.73. The van der Waals surface area contributed by atoms with Gasteiger partial charge in [0.1, 0.15) is 5.75 Å². The number of carbonyl (C=O) groups excluding carboxylic acids is 1. The first-order chi connectivity index (χ1) is 10.8. The molecule has 4 heteroatoms. The first-order valence-electron chi connectivity index (χ1n) is 8.26. The SMILES string of the molecule is COC(=O)C[C@H](c1cccc(OCC2CCNC2)c1)C1CC1. The molecule has 3 rings (SSSR count). The Hall–Kier alpha value is -1.55. The number of rotatable bonds is 7. The highest BCUT2D eigenvalue weighted by Crippen LogP contribution is 2.45. The van der Waals surface area contributed by atoms with Crippen molar-refractivity contribution in [2.75, 3.05) is 26.8 Å². The molecule has 1 N–H and O–H groups in total. The number of methoxy groups -OCH3 is 1. The molecule has 1 aliphatic heterocycles. The molecule has 1 aromatic carbocycles. The van der Waals surface area contributed by atoms with Gasteiger partial charge < -0.3 is 14.8 Å². The summed E-state index contributed by atoms with van der Waals surface area (Å²) in [6.07, 6.45) is 4.07. The lowest BCUT2D eigenvalue weighted by Gasteiger charge is -2.17. The summed E-state index contributed by atoms with van der Waals surface area (Å²) in [5.74, 6) is 2.29. The monoisotopic (exact) mass is 303 g/mol. The molecule has 1 saturated heterocycles. The third-order valence-electron chi connectivity index (χ3n) is 4.74. The highest BCUT2D eigenvalue weighted by Gasteiger charge is 2.34. The van der Waals surface area contributed by atoms with Gasteiger partial charge in [-0.25, -0.2) is 0 Å². The van der Waals surface area contributed by atoms with E-state index in [0.717, 1.165) is 25.4 Å². The van der Waals surface area contributed by atoms with E-state index in [1.165, 1.54) is 31.9 Å². The fraction of sp³-hybridized carbons (Fsp3) is 0.611. The number of ether oxygens (including phenoxy) is 2. The topological polar surface area (TPSA) is 47.6 Å². The summed E-state index contributed by atoms with van der Waals surface area (Å²) in [6.45, 7) is 2.91. The molecule has 120 valence electrons. The minimum Gasteiger partial charge on any atom is -0.493 e. The fourth-order valence-corrected chi connectivity index (χ4v) is 3.22. The van der Waals surface area contributed by atoms with Crippen LogP contribution in [0, 0.1) is 11.8 Å². The zero-order valence-electron chi connectivity index (χ0n) is 13.2. The standard InChI is InChI=1S/C18H25NO3/c1-21-18(20)10-17(14-5-6-14)15-3-2-4-16(9-15)22-12-13-7-8-19-11-13/h2-4,9,13-14,17,19H,5-8,10-12H2,1H3/t13?,17-/m0/s1. The minimum absolute atomic E-state index is 0.125. The Morgan fingerprint density at radius 3 is 2.91 bits per heavy atom. The maximum absolute atomic E-state index is 11.7. The third-order valence-corrected chi connectivity index (χ3v) is 4.74. The molecule has 1 saturated carbocycles. The minimum atomic E-state index is -0.125. The lowest BCUT2D eigenvalue weighted by atomic mass is 9.91. The molecule has 2 atom stereocenters. The Kier molecular flexibility index (Phi) is 4.98. The molecule has 0 amide bonds. The van der Waals surface area contributed by atoms with Gasteiger partial charge in [-0.15, -0.1) is 0 Å². The van der Waals surface area contributed by atoms with Gasteiger partial charge in [-0.2, -0.15) is 0 Å². The van der Waals surface area contributed by atoms with E-state index in [2.05, 4.69) is 17.4 Å². The average Bonchev–Trinajstić information content (AvgIpc) is 3.25. The van der Waals surface area contributed by atoms with Gasteiger partial charge in [-0.3, -0.25) is 4.79 Å². The number of carbonyl (C=O) groups is 1. The number of hydrogen-bond donors (Lipinski definition) is 1. The zero-order valence-corrected chi connectivity index (χ0v) is 13.2. The summed E-state index contributed by atoms with van der Waals surface area (Å²) in [6, 6.07) is 8.25. The van der Waals surface area contributed by atoms with Crippen molar-refractivity contribution in [2.24, 2.45) is 11.8 Å². The van der Waals surface area contributed by atoms with Crippen LogP contribution in [0.2, 0.25) is 0 Å². The highest BCUT2D eigenvalue weighted by molar-refractivity contribution is 5.70. The van der Waals surface area contributed by atoms with Crippen LogP contribution in [0.4, 0.5) is 0 Å². The highest BCUT2D eigenvalue weighted by atomic mass is 16.5. The normalized spacial score (nSPS) is 22.3. The van der Waals surface area contributed by atoms with Gasteiger partial charge in [0.15, 0.2) is 0 Å². The van der Waals surface area contributed by atoms with Crippen LogP contribution in [0.5, 0.6) is 5.75 Å². The molecule has 0 radical (unpaired) electrons. The van der Waals surface area contributed by atoms with E-state index in [4.69, 9.17) is 9.47 Å². The Balaban J connectivity index is 1.64. The summed E-state index contributed by atoms with van der Waals surface area (Å²) >= 11 is 0. The van der Waals surface area contributed by atoms with Gasteiger partial charge in [-0.1, -0.05) is 12.1 Å². The molecule has 2 aliphatic rings. The van der Waals surface area contributed by atoms with Crippen molar-refractivity contribution in [1.82, 2.24) is 5.32 Å². The molecular weight excluding hydrogens is 278 g/mol. The van der Waals surface area contributed by atoms with Crippen LogP contribution in [-0.4, -0.2) is 32.8 Å². The van der Waals surface area contributed by atoms with E-state index < -0.39 is 0 Å². The Morgan fingerprint density at radius 1 is 1.36 bits per heavy atom. The predicted molar refractivity (Wildman–Crippen MR) is 85.0 cm³/mol. The lowest BCUT2D eigenvalue weighted by Crippen LogP contribution is -2.15. The van der Waals surface area contributed by atoms with Crippen molar-refractivity contribution in [1.29, 1.82) is 0 Å². The summed E-state index contributed by atoms with van der Waals surface area (Å²) in [5, 5.41) is 3.36. The van der Waals surface area contributed by atoms with Crippen LogP contribution in [0.3, 0.4) is 0 Å². The van der Waals surface area contributed by atoms with E-state index in [0.29, 0.717) is 18.3 Å². The molecule has 1 heterocycles. The maximum atomic E-state index is 11.7. The number of esters is 1. The quantitative estimate of drug-likeness (QED) is 0.787. The maximum Gasteiger partial charge on any atom is 0.306 e. The van der Waals surface area contributed by atoms with Crippen molar-refractivity contribution < 1.29 is 14.3 Å². The van der Waals surface area contributed by atoms with Crippen molar-refractivity contribution in [3.05, 3.63) is 29.8 Å². The molecular formula is C18H25NO3. The second kappa shape index (κ2) is 7.14. The molecule has 1 aromatic rings. The smallest absolute Gasteiger partial charge is 0.306 e. The lowest BCUT2D eigenvalue weighted by molar-refractivity contribution is -0.141. The van der Waals surface area contributed by atoms with Crippen molar-refractivity contribution in [3.8, 4) is 5.75 Å². The Labute approximate surface area is 132 Å². The van der Waals surface area contributed by atoms with Gasteiger partial charge in [0.2, 0.25) is 0 Å². The van der Waals surface area contributed by atoms with Gasteiger partial charge in [0.05, 0.1) is 20.1 Å². The average molecular weight is 303 g/mol. The van der Waals surface area contributed by atoms with Crippen LogP contribution in [0.1, 0.15) is 37.2 Å². The molecule has 1 aliphatic carbocycles. The molecule has 1 unspecified atom stereocenters. The summed E-state index contributed by atoms with van der Waals surface area (Å²) in [7, 11) is 1.46. The van der Waals surface area contributed by atoms with Gasteiger partial charge >= 0.3 is 5.97 Å². The first kappa shape index (κ1) is 15.3. The van der Waals surface area contributed by atoms with E-state index in [1.54, 1.807) is 0 Å². The van der Waals surface area contributed by atoms with Gasteiger partial charge in [0, 0.05) is 12.5 Å². The van der Waals surface area contributed by atoms with E-state index >= 15 is 0 Å². The van der Waals surface area contributed by atoms with E-state index in [-0.39, 0.29) is 11.9 Å². The third kappa shape index (κ3) is 4.01. The Bertz CT molecular complexity index is 507. The van der Waals surface area contributed by atoms with Crippen LogP contribution in [0.15, 0.2) is 24.3 Å². The largest absolute Gasteiger partial charge is 0.493 e. The number of benzene rings is 1. The number of hydrogen-bond acceptors (Lipinski definition) is 4. The van der Waals surface area contributed by atoms with Crippen LogP contribution in [0.25, 0.3) is 0 Å². The summed E-state index contributed by atoms with van der Waals surface area (Å²) < 4.78 is 10.8. The van der Waals surface area contributed by atoms with Crippen LogP contribution >= 0.6 is 0 Å². The zero-order chi connectivity index (χ0) is 15.4. The molecule has 0 bridgehead atoms. The second-order valence-corrected chi connectivity index (χ2v) is 6.47. The molecule has 22 heavy (non-hydrogen) atoms. The Morgan fingerprint density at radius 2 is 2.23 bits per heavy atom. The van der Waals surface area contributed by atoms with Crippen LogP contribution in [-0.2, 0) is 9.53 Å². The second-order valence-electron chi connectivity index (χ2n) is 6.47. The van der Waals surface area contributed by atoms with Gasteiger partial charge in [0.25, 0.3) is 0 Å². The molecule has 0 spiro atoms. The van der Waals surface area contributed by atoms with Crippen molar-refractivity contribution in [2.45, 2.75) is 31.6 Å². The fourth-order valence-electron chi connectivity index (χ4n) is 3.22. The van der Waals surface area contributed by atoms with E-state index in [9.17, 15) is 4.79 Å². The van der Waals surface area contributed by atoms with Crippen molar-refractivity contribution >= 4 is 5.97 Å². The van der Waals surface area contributed by atoms with Crippen LogP contribution < -0.4 is 10.1 Å². The molecule has 0 aromatic heterocycles. The molecule has 4 nitrogen and oxygen atoms in total. The first-order valence-corrected chi connectivity index (χ1v) is 8.26. The summed E-state index contributed by atoms with van der Waals surface area (Å²) in [5.41, 5.74) is 1.20. The van der Waals surface area contributed by atoms with E-state index in [1.807, 2.05) is 12.1 Å². The number of nitrogens with one attached hydrogen (secondary N) is 1. The molecule has 2 fully saturated rings. The van der Waals surface area contributed by atoms with Gasteiger partial charge in [-0.05, 0) is 55.3 Å².